The van der Waals surface area contributed by atoms with E-state index in [-0.39, 0.29) is 22.7 Å². The zero-order valence-electron chi connectivity index (χ0n) is 25.8. The number of sulfone groups is 1. The van der Waals surface area contributed by atoms with E-state index >= 15 is 0 Å². The number of benzene rings is 1. The van der Waals surface area contributed by atoms with Crippen LogP contribution in [0.3, 0.4) is 0 Å². The van der Waals surface area contributed by atoms with E-state index in [9.17, 15) is 18.6 Å². The van der Waals surface area contributed by atoms with Gasteiger partial charge in [0.05, 0.1) is 21.9 Å². The minimum atomic E-state index is -3.59. The largest absolute Gasteiger partial charge is 0.393 e. The van der Waals surface area contributed by atoms with Gasteiger partial charge in [-0.25, -0.2) is 8.42 Å². The molecule has 224 valence electrons. The summed E-state index contributed by atoms with van der Waals surface area (Å²) in [6.07, 6.45) is 11.5. The van der Waals surface area contributed by atoms with Crippen LogP contribution in [0.25, 0.3) is 0 Å². The highest BCUT2D eigenvalue weighted by molar-refractivity contribution is 7.92. The van der Waals surface area contributed by atoms with Gasteiger partial charge < -0.3 is 10.2 Å². The van der Waals surface area contributed by atoms with Crippen LogP contribution in [0.15, 0.2) is 46.9 Å². The molecule has 3 saturated carbocycles. The minimum Gasteiger partial charge on any atom is -0.393 e. The Kier molecular flexibility index (Phi) is 8.20. The van der Waals surface area contributed by atoms with Crippen molar-refractivity contribution in [1.82, 2.24) is 0 Å². The first-order valence-electron chi connectivity index (χ1n) is 16.1. The van der Waals surface area contributed by atoms with Gasteiger partial charge in [0, 0.05) is 0 Å². The van der Waals surface area contributed by atoms with Gasteiger partial charge in [-0.2, -0.15) is 0 Å². The summed E-state index contributed by atoms with van der Waals surface area (Å²) < 4.78 is 28.3. The lowest BCUT2D eigenvalue weighted by Crippen LogP contribution is -2.54. The Balaban J connectivity index is 1.44. The molecular formula is C35H54O4S. The van der Waals surface area contributed by atoms with Crippen molar-refractivity contribution in [3.8, 4) is 0 Å². The Morgan fingerprint density at radius 2 is 1.68 bits per heavy atom. The SMILES string of the molecule is CC[C@]1(O)CC[C@H]2C(=CC[C@@]3(C)[C@@H]4CC[C@H]([C@H](C)C(CC(O)C(C)C)S(=O)(=O)c5ccccc5)[C@@]4(C)CC[C@H]23)C1. The van der Waals surface area contributed by atoms with Crippen molar-refractivity contribution in [1.29, 1.82) is 0 Å². The average molecular weight is 571 g/mol. The van der Waals surface area contributed by atoms with Crippen LogP contribution < -0.4 is 0 Å². The summed E-state index contributed by atoms with van der Waals surface area (Å²) in [5.74, 6) is 2.14. The van der Waals surface area contributed by atoms with Gasteiger partial charge in [0.15, 0.2) is 9.84 Å². The number of hydrogen-bond acceptors (Lipinski definition) is 4. The lowest BCUT2D eigenvalue weighted by atomic mass is 9.44. The molecule has 2 N–H and O–H groups in total. The number of rotatable bonds is 8. The topological polar surface area (TPSA) is 74.6 Å². The van der Waals surface area contributed by atoms with Crippen LogP contribution in [0.1, 0.15) is 106 Å². The maximum absolute atomic E-state index is 14.1. The normalized spacial score (nSPS) is 40.0. The van der Waals surface area contributed by atoms with E-state index in [0.29, 0.717) is 35.0 Å². The summed E-state index contributed by atoms with van der Waals surface area (Å²) in [5, 5.41) is 21.4. The second kappa shape index (κ2) is 10.8. The molecule has 5 rings (SSSR count). The van der Waals surface area contributed by atoms with Crippen LogP contribution in [-0.2, 0) is 9.84 Å². The minimum absolute atomic E-state index is 0.0195. The van der Waals surface area contributed by atoms with Crippen molar-refractivity contribution in [3.63, 3.8) is 0 Å². The van der Waals surface area contributed by atoms with Crippen LogP contribution in [0.2, 0.25) is 0 Å². The van der Waals surface area contributed by atoms with Gasteiger partial charge in [-0.15, -0.1) is 0 Å². The zero-order valence-corrected chi connectivity index (χ0v) is 26.6. The van der Waals surface area contributed by atoms with Gasteiger partial charge in [0.1, 0.15) is 0 Å². The lowest BCUT2D eigenvalue weighted by molar-refractivity contribution is -0.0961. The third kappa shape index (κ3) is 4.94. The molecule has 4 aliphatic rings. The van der Waals surface area contributed by atoms with Crippen LogP contribution in [0, 0.1) is 46.3 Å². The first kappa shape index (κ1) is 30.3. The summed E-state index contributed by atoms with van der Waals surface area (Å²) in [6, 6.07) is 8.91. The summed E-state index contributed by atoms with van der Waals surface area (Å²) in [4.78, 5) is 0.382. The number of aliphatic hydroxyl groups is 2. The molecule has 40 heavy (non-hydrogen) atoms. The predicted molar refractivity (Wildman–Crippen MR) is 162 cm³/mol. The molecule has 0 heterocycles. The molecule has 4 nitrogen and oxygen atoms in total. The average Bonchev–Trinajstić information content (AvgIpc) is 3.29. The molecule has 0 radical (unpaired) electrons. The van der Waals surface area contributed by atoms with Gasteiger partial charge in [-0.05, 0) is 123 Å². The number of aliphatic hydroxyl groups excluding tert-OH is 1. The second-order valence-electron chi connectivity index (χ2n) is 15.1. The molecule has 5 heteroatoms. The molecule has 1 aromatic carbocycles. The molecular weight excluding hydrogens is 516 g/mol. The van der Waals surface area contributed by atoms with E-state index in [2.05, 4.69) is 33.8 Å². The van der Waals surface area contributed by atoms with Crippen LogP contribution in [0.4, 0.5) is 0 Å². The fourth-order valence-electron chi connectivity index (χ4n) is 10.3. The summed E-state index contributed by atoms with van der Waals surface area (Å²) in [7, 11) is -3.59. The molecule has 0 aliphatic heterocycles. The van der Waals surface area contributed by atoms with E-state index in [1.165, 1.54) is 12.0 Å². The van der Waals surface area contributed by atoms with Gasteiger partial charge in [-0.3, -0.25) is 0 Å². The van der Waals surface area contributed by atoms with E-state index in [1.54, 1.807) is 24.3 Å². The van der Waals surface area contributed by atoms with Gasteiger partial charge >= 0.3 is 0 Å². The molecule has 10 atom stereocenters. The molecule has 0 saturated heterocycles. The smallest absolute Gasteiger partial charge is 0.181 e. The molecule has 2 unspecified atom stereocenters. The molecule has 0 bridgehead atoms. The van der Waals surface area contributed by atoms with Crippen LogP contribution in [-0.4, -0.2) is 35.6 Å². The lowest BCUT2D eigenvalue weighted by Gasteiger charge is -2.61. The van der Waals surface area contributed by atoms with Crippen molar-refractivity contribution < 1.29 is 18.6 Å². The number of hydrogen-bond donors (Lipinski definition) is 2. The zero-order chi connectivity index (χ0) is 29.1. The third-order valence-corrected chi connectivity index (χ3v) is 15.2. The second-order valence-corrected chi connectivity index (χ2v) is 17.2. The monoisotopic (exact) mass is 570 g/mol. The van der Waals surface area contributed by atoms with Gasteiger partial charge in [-0.1, -0.05) is 71.4 Å². The Bertz CT molecular complexity index is 1190. The van der Waals surface area contributed by atoms with Crippen molar-refractivity contribution >= 4 is 9.84 Å². The quantitative estimate of drug-likeness (QED) is 0.316. The predicted octanol–water partition coefficient (Wildman–Crippen LogP) is 7.59. The third-order valence-electron chi connectivity index (χ3n) is 12.9. The Hall–Kier alpha value is -1.17. The molecule has 3 fully saturated rings. The highest BCUT2D eigenvalue weighted by Gasteiger charge is 2.62. The van der Waals surface area contributed by atoms with E-state index in [4.69, 9.17) is 0 Å². The molecule has 0 spiro atoms. The van der Waals surface area contributed by atoms with Crippen LogP contribution in [0.5, 0.6) is 0 Å². The van der Waals surface area contributed by atoms with Crippen LogP contribution >= 0.6 is 0 Å². The molecule has 0 amide bonds. The van der Waals surface area contributed by atoms with E-state index < -0.39 is 26.8 Å². The van der Waals surface area contributed by atoms with E-state index in [0.717, 1.165) is 51.4 Å². The molecule has 1 aromatic rings. The summed E-state index contributed by atoms with van der Waals surface area (Å²) in [6.45, 7) is 13.3. The standard InChI is InChI=1S/C35H54O4S/c1-7-35(37)20-16-27-25(22-35)15-18-34(6)29(27)17-19-33(5)28(13-14-32(33)34)24(4)31(21-30(36)23(2)3)40(38,39)26-11-9-8-10-12-26/h8-12,15,23-24,27-32,36-37H,7,13-14,16-22H2,1-6H3/t24-,27-,28+,29+,30?,31?,32+,33+,34+,35-/m0/s1. The van der Waals surface area contributed by atoms with Crippen molar-refractivity contribution in [2.75, 3.05) is 0 Å². The molecule has 4 aliphatic carbocycles. The Labute approximate surface area is 244 Å². The summed E-state index contributed by atoms with van der Waals surface area (Å²) in [5.41, 5.74) is 1.32. The fraction of sp³-hybridized carbons (Fsp3) is 0.771. The Morgan fingerprint density at radius 3 is 2.33 bits per heavy atom. The highest BCUT2D eigenvalue weighted by atomic mass is 32.2. The summed E-state index contributed by atoms with van der Waals surface area (Å²) >= 11 is 0. The van der Waals surface area contributed by atoms with Crippen molar-refractivity contribution in [2.45, 2.75) is 128 Å². The van der Waals surface area contributed by atoms with Gasteiger partial charge in [0.25, 0.3) is 0 Å². The maximum Gasteiger partial charge on any atom is 0.181 e. The molecule has 0 aromatic heterocycles. The van der Waals surface area contributed by atoms with Crippen molar-refractivity contribution in [2.24, 2.45) is 46.3 Å². The first-order chi connectivity index (χ1) is 18.8. The number of fused-ring (bicyclic) bond motifs is 5. The highest BCUT2D eigenvalue weighted by Crippen LogP contribution is 2.70. The number of allylic oxidation sites excluding steroid dienone is 1. The van der Waals surface area contributed by atoms with Gasteiger partial charge in [0.2, 0.25) is 0 Å². The van der Waals surface area contributed by atoms with Crippen molar-refractivity contribution in [3.05, 3.63) is 42.0 Å². The fourth-order valence-corrected chi connectivity index (χ4v) is 12.4. The Morgan fingerprint density at radius 1 is 0.975 bits per heavy atom. The first-order valence-corrected chi connectivity index (χ1v) is 17.7. The maximum atomic E-state index is 14.1. The van der Waals surface area contributed by atoms with E-state index in [1.807, 2.05) is 19.9 Å².